The van der Waals surface area contributed by atoms with E-state index in [1.54, 1.807) is 13.8 Å². The van der Waals surface area contributed by atoms with E-state index in [1.807, 2.05) is 34.6 Å². The second-order valence-corrected chi connectivity index (χ2v) is 20.7. The molecule has 0 aliphatic carbocycles. The van der Waals surface area contributed by atoms with Gasteiger partial charge in [-0.15, -0.1) is 0 Å². The van der Waals surface area contributed by atoms with Gasteiger partial charge >= 0.3 is 29.8 Å². The van der Waals surface area contributed by atoms with Gasteiger partial charge in [-0.05, 0) is 48.5 Å². The molecule has 25 nitrogen and oxygen atoms in total. The molecule has 0 aliphatic rings. The smallest absolute Gasteiger partial charge is 0.321 e. The molecule has 0 aromatic rings. The summed E-state index contributed by atoms with van der Waals surface area (Å²) in [6, 6.07) is -2.81. The number of hydrogen-bond donors (Lipinski definition) is 20. The lowest BCUT2D eigenvalue weighted by Gasteiger charge is -2.14. The van der Waals surface area contributed by atoms with E-state index >= 15 is 0 Å². The Morgan fingerprint density at radius 1 is 0.400 bits per heavy atom. The zero-order valence-electron chi connectivity index (χ0n) is 41.4. The first kappa shape index (κ1) is 75.7. The average molecular weight is 1100 g/mol. The molecule has 70 heavy (non-hydrogen) atoms. The summed E-state index contributed by atoms with van der Waals surface area (Å²) in [5, 5.41) is 92.4. The predicted octanol–water partition coefficient (Wildman–Crippen LogP) is -0.509. The van der Waals surface area contributed by atoms with Crippen LogP contribution >= 0.6 is 58.8 Å². The molecular formula is C40H85N15O10S5. The van der Waals surface area contributed by atoms with E-state index in [4.69, 9.17) is 81.2 Å². The van der Waals surface area contributed by atoms with E-state index in [9.17, 15) is 24.0 Å². The molecule has 0 rings (SSSR count). The zero-order valence-corrected chi connectivity index (χ0v) is 45.5. The fourth-order valence-electron chi connectivity index (χ4n) is 4.00. The molecule has 0 radical (unpaired) electrons. The number of carboxylic acids is 5. The Balaban J connectivity index is -0.000000251. The second-order valence-electron chi connectivity index (χ2n) is 15.3. The first-order chi connectivity index (χ1) is 32.6. The molecule has 0 aromatic heterocycles. The van der Waals surface area contributed by atoms with Crippen LogP contribution < -0.4 is 55.3 Å². The molecule has 0 amide bonds. The van der Waals surface area contributed by atoms with Crippen LogP contribution in [0.15, 0.2) is 0 Å². The summed E-state index contributed by atoms with van der Waals surface area (Å²) in [5.41, 5.74) is 26.6. The van der Waals surface area contributed by atoms with Gasteiger partial charge in [0.05, 0.1) is 11.7 Å². The fraction of sp³-hybridized carbons (Fsp3) is 0.750. The first-order valence-corrected chi connectivity index (χ1v) is 27.5. The molecule has 0 saturated carbocycles. The van der Waals surface area contributed by atoms with E-state index < -0.39 is 60.1 Å². The number of rotatable bonds is 36. The molecular weight excluding hydrogens is 1010 g/mol. The number of hydrogen-bond acceptors (Lipinski definition) is 23. The van der Waals surface area contributed by atoms with Gasteiger partial charge in [-0.3, -0.25) is 34.8 Å². The van der Waals surface area contributed by atoms with Crippen LogP contribution in [-0.4, -0.2) is 223 Å². The van der Waals surface area contributed by atoms with Gasteiger partial charge in [0.25, 0.3) is 0 Å². The number of nitrogens with one attached hydrogen (secondary N) is 10. The molecule has 0 unspecified atom stereocenters. The van der Waals surface area contributed by atoms with Crippen LogP contribution in [-0.2, 0) is 24.0 Å². The number of nitrogens with two attached hydrogens (primary N) is 5. The summed E-state index contributed by atoms with van der Waals surface area (Å²) >= 11 is 7.46. The van der Waals surface area contributed by atoms with Gasteiger partial charge in [0.15, 0.2) is 0 Å². The molecule has 25 N–H and O–H groups in total. The summed E-state index contributed by atoms with van der Waals surface area (Å²) in [4.78, 5) is 51.8. The summed E-state index contributed by atoms with van der Waals surface area (Å²) in [6.45, 7) is 14.8. The molecule has 0 spiro atoms. The van der Waals surface area contributed by atoms with Gasteiger partial charge in [0.2, 0.25) is 0 Å². The van der Waals surface area contributed by atoms with Crippen molar-refractivity contribution in [3.05, 3.63) is 0 Å². The van der Waals surface area contributed by atoms with Crippen LogP contribution in [0.3, 0.4) is 0 Å². The van der Waals surface area contributed by atoms with Gasteiger partial charge in [-0.25, -0.2) is 0 Å². The molecule has 0 aromatic carbocycles. The largest absolute Gasteiger partial charge is 0.480 e. The number of thioether (sulfide) groups is 5. The van der Waals surface area contributed by atoms with Crippen molar-refractivity contribution in [2.45, 2.75) is 109 Å². The summed E-state index contributed by atoms with van der Waals surface area (Å²) < 4.78 is 0. The van der Waals surface area contributed by atoms with Crippen molar-refractivity contribution in [3.8, 4) is 0 Å². The Labute approximate surface area is 434 Å². The average Bonchev–Trinajstić information content (AvgIpc) is 3.26. The van der Waals surface area contributed by atoms with Gasteiger partial charge in [0.1, 0.15) is 30.2 Å². The van der Waals surface area contributed by atoms with Crippen molar-refractivity contribution in [2.75, 3.05) is 77.2 Å². The topological polar surface area (TPSA) is 496 Å². The van der Waals surface area contributed by atoms with Crippen LogP contribution in [0.25, 0.3) is 0 Å². The maximum absolute atomic E-state index is 10.4. The van der Waals surface area contributed by atoms with Crippen molar-refractivity contribution in [3.63, 3.8) is 0 Å². The van der Waals surface area contributed by atoms with Crippen molar-refractivity contribution in [1.29, 1.82) is 27.0 Å². The third-order valence-corrected chi connectivity index (χ3v) is 14.2. The third kappa shape index (κ3) is 59.0. The standard InChI is InChI=1S/5C8H17N3O2S/c2*1-5(11-6(2)9)3-14-4-7(10)8(12)13;3*1-6(11-3-2-9)4-14-5-7(10)8(12)13/h2*5,7H,3-4,10H2,1-2H3,(H2,9,11)(H,12,13);3*2,6-7,9,11H,3-5,10H2,1H3,(H,12,13)/t5-,7+;5-,7-;3*6-,7-/m00110/s1. The Morgan fingerprint density at radius 2 is 0.571 bits per heavy atom. The van der Waals surface area contributed by atoms with Gasteiger partial charge in [-0.2, -0.15) is 58.8 Å². The molecule has 0 heterocycles. The van der Waals surface area contributed by atoms with Gasteiger partial charge in [-0.1, -0.05) is 0 Å². The second kappa shape index (κ2) is 50.7. The maximum atomic E-state index is 10.4. The molecule has 0 bridgehead atoms. The molecule has 10 atom stereocenters. The normalized spacial score (nSPS) is 14.6. The van der Waals surface area contributed by atoms with E-state index in [1.165, 1.54) is 77.5 Å². The Hall–Kier alpha value is -3.27. The molecule has 0 saturated heterocycles. The predicted molar refractivity (Wildman–Crippen MR) is 295 cm³/mol. The lowest BCUT2D eigenvalue weighted by atomic mass is 10.4. The number of amidine groups is 2. The van der Waals surface area contributed by atoms with Crippen LogP contribution in [0.5, 0.6) is 0 Å². The first-order valence-electron chi connectivity index (χ1n) is 21.7. The third-order valence-electron chi connectivity index (χ3n) is 7.54. The van der Waals surface area contributed by atoms with Crippen molar-refractivity contribution < 1.29 is 49.5 Å². The molecule has 30 heteroatoms. The van der Waals surface area contributed by atoms with Crippen LogP contribution in [0.1, 0.15) is 48.5 Å². The van der Waals surface area contributed by atoms with E-state index in [0.717, 1.165) is 28.8 Å². The minimum Gasteiger partial charge on any atom is -0.480 e. The van der Waals surface area contributed by atoms with Crippen molar-refractivity contribution in [1.82, 2.24) is 26.6 Å². The lowest BCUT2D eigenvalue weighted by molar-refractivity contribution is -0.138. The number of aliphatic carboxylic acids is 5. The Bertz CT molecular complexity index is 1330. The molecule has 0 fully saturated rings. The van der Waals surface area contributed by atoms with Crippen molar-refractivity contribution in [2.24, 2.45) is 28.7 Å². The Morgan fingerprint density at radius 3 is 0.714 bits per heavy atom. The Kier molecular flexibility index (Phi) is 54.8. The molecule has 410 valence electrons. The number of carboxylic acid groups (broad SMARTS) is 5. The van der Waals surface area contributed by atoms with Gasteiger partial charge < -0.3 is 97.0 Å². The summed E-state index contributed by atoms with van der Waals surface area (Å²) in [6.07, 6.45) is 3.89. The zero-order chi connectivity index (χ0) is 55.2. The highest BCUT2D eigenvalue weighted by atomic mass is 32.2. The highest BCUT2D eigenvalue weighted by molar-refractivity contribution is 8.00. The molecule has 0 aliphatic heterocycles. The minimum atomic E-state index is -0.971. The maximum Gasteiger partial charge on any atom is 0.321 e. The SMILES string of the molecule is CC(=N)N[C@@H](C)CSC[C@@H](N)C(=O)O.CC(=N)N[C@@H](C)CSC[C@H](N)C(=O)O.C[C@@H](CSC[C@H](N)C(=O)O)NCC=N.C[C@H](CSC[C@@H](N)C(=O)O)NCC=N.C[C@H](CSC[C@@H](N)C(=O)O)NCC=N. The van der Waals surface area contributed by atoms with E-state index in [0.29, 0.717) is 60.1 Å². The highest BCUT2D eigenvalue weighted by Crippen LogP contribution is 2.07. The number of carbonyl (C=O) groups is 5. The van der Waals surface area contributed by atoms with Crippen molar-refractivity contribution >= 4 is 119 Å². The van der Waals surface area contributed by atoms with Crippen LogP contribution in [0.4, 0.5) is 0 Å². The summed E-state index contributed by atoms with van der Waals surface area (Å²) in [5.74, 6) is 1.98. The minimum absolute atomic E-state index is 0.165. The quantitative estimate of drug-likeness (QED) is 0.0277. The van der Waals surface area contributed by atoms with Gasteiger partial charge in [0, 0.05) is 126 Å². The van der Waals surface area contributed by atoms with Crippen LogP contribution in [0.2, 0.25) is 0 Å². The van der Waals surface area contributed by atoms with Crippen LogP contribution in [0, 0.1) is 27.0 Å². The lowest BCUT2D eigenvalue weighted by Crippen LogP contribution is -2.35. The fourth-order valence-corrected chi connectivity index (χ4v) is 8.95. The van der Waals surface area contributed by atoms with E-state index in [-0.39, 0.29) is 30.2 Å². The summed E-state index contributed by atoms with van der Waals surface area (Å²) in [7, 11) is 0. The van der Waals surface area contributed by atoms with E-state index in [2.05, 4.69) is 26.6 Å². The highest BCUT2D eigenvalue weighted by Gasteiger charge is 2.15. The monoisotopic (exact) mass is 1100 g/mol.